The summed E-state index contributed by atoms with van der Waals surface area (Å²) in [6.45, 7) is 1.53. The summed E-state index contributed by atoms with van der Waals surface area (Å²) in [5.74, 6) is -0.429. The van der Waals surface area contributed by atoms with Crippen molar-refractivity contribution < 1.29 is 38.9 Å². The summed E-state index contributed by atoms with van der Waals surface area (Å²) in [6.07, 6.45) is 0.300. The van der Waals surface area contributed by atoms with E-state index in [0.29, 0.717) is 16.9 Å². The first-order chi connectivity index (χ1) is 20.5. The van der Waals surface area contributed by atoms with Crippen LogP contribution < -0.4 is 20.5 Å². The van der Waals surface area contributed by atoms with Gasteiger partial charge in [0, 0.05) is 16.9 Å². The lowest BCUT2D eigenvalue weighted by molar-refractivity contribution is -0.136. The second kappa shape index (κ2) is 17.2. The number of carbonyl (C=O) groups is 4. The average Bonchev–Trinajstić information content (AvgIpc) is 2.99. The summed E-state index contributed by atoms with van der Waals surface area (Å²) in [4.78, 5) is 43.6. The molecule has 0 aromatic heterocycles. The number of nitrogens with two attached hydrogens (primary N) is 1. The predicted molar refractivity (Wildman–Crippen MR) is 164 cm³/mol. The van der Waals surface area contributed by atoms with Gasteiger partial charge in [-0.2, -0.15) is 0 Å². The minimum Gasteiger partial charge on any atom is -0.497 e. The third kappa shape index (κ3) is 12.6. The minimum atomic E-state index is -0.994. The van der Waals surface area contributed by atoms with Gasteiger partial charge in [0.1, 0.15) is 11.5 Å². The molecular weight excluding hydrogens is 552 g/mol. The van der Waals surface area contributed by atoms with Crippen LogP contribution in [0.25, 0.3) is 0 Å². The number of hydrogen-bond acceptors (Lipinski definition) is 7. The van der Waals surface area contributed by atoms with Crippen molar-refractivity contribution in [1.82, 2.24) is 0 Å². The molecule has 10 nitrogen and oxygen atoms in total. The molecule has 0 bridgehead atoms. The van der Waals surface area contributed by atoms with Gasteiger partial charge in [-0.25, -0.2) is 4.79 Å². The second-order valence-electron chi connectivity index (χ2n) is 9.05. The van der Waals surface area contributed by atoms with Gasteiger partial charge in [-0.3, -0.25) is 14.4 Å². The van der Waals surface area contributed by atoms with Gasteiger partial charge in [-0.15, -0.1) is 0 Å². The number of anilines is 2. The van der Waals surface area contributed by atoms with E-state index < -0.39 is 11.9 Å². The molecule has 43 heavy (non-hydrogen) atoms. The first-order valence-electron chi connectivity index (χ1n) is 13.0. The fourth-order valence-corrected chi connectivity index (χ4v) is 3.47. The number of aliphatic carboxylic acids is 1. The Morgan fingerprint density at radius 2 is 1.09 bits per heavy atom. The number of benzene rings is 4. The van der Waals surface area contributed by atoms with E-state index in [1.807, 2.05) is 12.1 Å². The molecule has 0 aliphatic rings. The Morgan fingerprint density at radius 3 is 1.49 bits per heavy atom. The zero-order chi connectivity index (χ0) is 31.8. The highest BCUT2D eigenvalue weighted by Crippen LogP contribution is 2.14. The van der Waals surface area contributed by atoms with Crippen LogP contribution in [0.5, 0.6) is 11.5 Å². The summed E-state index contributed by atoms with van der Waals surface area (Å²) in [5, 5.41) is 20.0. The molecule has 0 atom stereocenters. The maximum Gasteiger partial charge on any atom is 0.335 e. The Kier molecular flexibility index (Phi) is 13.5. The van der Waals surface area contributed by atoms with Crippen LogP contribution >= 0.6 is 0 Å². The molecule has 224 valence electrons. The molecule has 4 rings (SSSR count). The number of carbonyl (C=O) groups excluding carboxylic acids is 2. The summed E-state index contributed by atoms with van der Waals surface area (Å²) in [6, 6.07) is 27.1. The molecule has 1 amide bonds. The molecule has 0 unspecified atom stereocenters. The Labute approximate surface area is 249 Å². The van der Waals surface area contributed by atoms with Crippen molar-refractivity contribution in [1.29, 1.82) is 0 Å². The topological polar surface area (TPSA) is 165 Å². The average molecular weight is 587 g/mol. The zero-order valence-corrected chi connectivity index (χ0v) is 24.1. The van der Waals surface area contributed by atoms with Crippen molar-refractivity contribution in [3.63, 3.8) is 0 Å². The third-order valence-electron chi connectivity index (χ3n) is 5.77. The molecule has 0 saturated carbocycles. The molecule has 5 N–H and O–H groups in total. The van der Waals surface area contributed by atoms with Crippen LogP contribution in [0.15, 0.2) is 97.1 Å². The van der Waals surface area contributed by atoms with Gasteiger partial charge in [0.25, 0.3) is 0 Å². The van der Waals surface area contributed by atoms with Crippen LogP contribution in [0.3, 0.4) is 0 Å². The second-order valence-corrected chi connectivity index (χ2v) is 9.05. The molecule has 0 aliphatic carbocycles. The highest BCUT2D eigenvalue weighted by molar-refractivity contribution is 5.94. The lowest BCUT2D eigenvalue weighted by Crippen LogP contribution is -2.14. The van der Waals surface area contributed by atoms with Crippen molar-refractivity contribution in [2.24, 2.45) is 0 Å². The number of amides is 1. The number of nitrogens with one attached hydrogen (secondary N) is 1. The van der Waals surface area contributed by atoms with E-state index in [0.717, 1.165) is 22.6 Å². The van der Waals surface area contributed by atoms with Crippen LogP contribution in [-0.2, 0) is 22.4 Å². The van der Waals surface area contributed by atoms with Gasteiger partial charge in [0.2, 0.25) is 5.91 Å². The van der Waals surface area contributed by atoms with Gasteiger partial charge in [-0.1, -0.05) is 24.3 Å². The number of aromatic carboxylic acids is 1. The van der Waals surface area contributed by atoms with Crippen LogP contribution in [0.1, 0.15) is 38.8 Å². The van der Waals surface area contributed by atoms with Crippen LogP contribution in [-0.4, -0.2) is 48.1 Å². The van der Waals surface area contributed by atoms with Gasteiger partial charge >= 0.3 is 11.9 Å². The normalized spacial score (nSPS) is 9.65. The maximum absolute atomic E-state index is 11.9. The lowest BCUT2D eigenvalue weighted by Gasteiger charge is -2.06. The van der Waals surface area contributed by atoms with E-state index in [4.69, 9.17) is 25.4 Å². The van der Waals surface area contributed by atoms with Crippen molar-refractivity contribution in [2.75, 3.05) is 25.3 Å². The first kappa shape index (κ1) is 33.6. The number of carboxylic acids is 2. The molecule has 0 saturated heterocycles. The van der Waals surface area contributed by atoms with Crippen molar-refractivity contribution in [3.8, 4) is 11.5 Å². The van der Waals surface area contributed by atoms with E-state index in [-0.39, 0.29) is 30.1 Å². The lowest BCUT2D eigenvalue weighted by atomic mass is 10.1. The Balaban J connectivity index is 0.000000248. The summed E-state index contributed by atoms with van der Waals surface area (Å²) in [5.41, 5.74) is 9.21. The number of ketones is 1. The molecule has 0 spiro atoms. The standard InChI is InChI=1S/C16H15NO4.C9H10O3.C8H9NO/c1-21-14-8-2-11(3-9-14)10-15(18)17-13-6-4-12(5-7-13)16(19)20;1-12-8-4-2-7(3-5-8)6-9(10)11;1-6(10)7-2-4-8(9)5-3-7/h2-9H,10H2,1H3,(H,17,18)(H,19,20);2-5H,6H2,1H3,(H,10,11);2-5H,9H2,1H3. The van der Waals surface area contributed by atoms with E-state index in [2.05, 4.69) is 5.32 Å². The molecule has 4 aromatic carbocycles. The fourth-order valence-electron chi connectivity index (χ4n) is 3.47. The molecule has 0 fully saturated rings. The minimum absolute atomic E-state index is 0.0595. The van der Waals surface area contributed by atoms with Crippen molar-refractivity contribution >= 4 is 35.0 Å². The number of ether oxygens (including phenoxy) is 2. The number of carboxylic acid groups (broad SMARTS) is 2. The van der Waals surface area contributed by atoms with Crippen molar-refractivity contribution in [3.05, 3.63) is 119 Å². The predicted octanol–water partition coefficient (Wildman–Crippen LogP) is 5.37. The Bertz CT molecular complexity index is 1480. The van der Waals surface area contributed by atoms with Crippen molar-refractivity contribution in [2.45, 2.75) is 19.8 Å². The smallest absolute Gasteiger partial charge is 0.335 e. The summed E-state index contributed by atoms with van der Waals surface area (Å²) < 4.78 is 9.98. The molecule has 10 heteroatoms. The molecule has 4 aromatic rings. The van der Waals surface area contributed by atoms with E-state index in [1.54, 1.807) is 87.0 Å². The third-order valence-corrected chi connectivity index (χ3v) is 5.77. The molecule has 0 heterocycles. The zero-order valence-electron chi connectivity index (χ0n) is 24.1. The monoisotopic (exact) mass is 586 g/mol. The van der Waals surface area contributed by atoms with E-state index >= 15 is 0 Å². The quantitative estimate of drug-likeness (QED) is 0.149. The van der Waals surface area contributed by atoms with Crippen LogP contribution in [0, 0.1) is 0 Å². The summed E-state index contributed by atoms with van der Waals surface area (Å²) in [7, 11) is 3.16. The SMILES string of the molecule is CC(=O)c1ccc(N)cc1.COc1ccc(CC(=O)Nc2ccc(C(=O)O)cc2)cc1.COc1ccc(CC(=O)O)cc1. The van der Waals surface area contributed by atoms with Gasteiger partial charge in [0.05, 0.1) is 32.6 Å². The number of Topliss-reactive ketones (excluding diaryl/α,β-unsaturated/α-hetero) is 1. The highest BCUT2D eigenvalue weighted by atomic mass is 16.5. The number of hydrogen-bond donors (Lipinski definition) is 4. The van der Waals surface area contributed by atoms with Gasteiger partial charge in [-0.05, 0) is 90.8 Å². The first-order valence-corrected chi connectivity index (χ1v) is 13.0. The fraction of sp³-hybridized carbons (Fsp3) is 0.152. The van der Waals surface area contributed by atoms with Gasteiger partial charge in [0.15, 0.2) is 5.78 Å². The summed E-state index contributed by atoms with van der Waals surface area (Å²) >= 11 is 0. The molecular formula is C33H34N2O8. The Hall–Kier alpha value is -5.64. The maximum atomic E-state index is 11.9. The van der Waals surface area contributed by atoms with Crippen LogP contribution in [0.4, 0.5) is 11.4 Å². The molecule has 0 aliphatic heterocycles. The number of nitrogen functional groups attached to an aromatic ring is 1. The van der Waals surface area contributed by atoms with Gasteiger partial charge < -0.3 is 30.7 Å². The Morgan fingerprint density at radius 1 is 0.651 bits per heavy atom. The number of methoxy groups -OCH3 is 2. The number of rotatable bonds is 9. The highest BCUT2D eigenvalue weighted by Gasteiger charge is 2.06. The largest absolute Gasteiger partial charge is 0.497 e. The van der Waals surface area contributed by atoms with Crippen LogP contribution in [0.2, 0.25) is 0 Å². The van der Waals surface area contributed by atoms with E-state index in [1.165, 1.54) is 19.1 Å². The van der Waals surface area contributed by atoms with E-state index in [9.17, 15) is 19.2 Å². The molecule has 0 radical (unpaired) electrons.